The Morgan fingerprint density at radius 2 is 2.05 bits per heavy atom. The van der Waals surface area contributed by atoms with Crippen molar-refractivity contribution in [3.05, 3.63) is 51.9 Å². The number of halogens is 1. The summed E-state index contributed by atoms with van der Waals surface area (Å²) < 4.78 is 0. The zero-order valence-electron chi connectivity index (χ0n) is 11.9. The highest BCUT2D eigenvalue weighted by Crippen LogP contribution is 2.25. The monoisotopic (exact) mass is 290 g/mol. The molecule has 20 heavy (non-hydrogen) atoms. The fourth-order valence-electron chi connectivity index (χ4n) is 2.35. The number of hydrazine groups is 1. The number of benzene rings is 1. The van der Waals surface area contributed by atoms with Crippen LogP contribution in [0.15, 0.2) is 24.3 Å². The van der Waals surface area contributed by atoms with Crippen LogP contribution in [0.3, 0.4) is 0 Å². The van der Waals surface area contributed by atoms with Crippen molar-refractivity contribution in [3.8, 4) is 0 Å². The van der Waals surface area contributed by atoms with Crippen molar-refractivity contribution in [1.29, 1.82) is 0 Å². The van der Waals surface area contributed by atoms with E-state index in [1.54, 1.807) is 0 Å². The number of rotatable bonds is 4. The molecule has 2 aromatic rings. The number of hydrogen-bond donors (Lipinski definition) is 2. The Morgan fingerprint density at radius 3 is 2.65 bits per heavy atom. The first-order valence-electron chi connectivity index (χ1n) is 6.59. The second-order valence-corrected chi connectivity index (χ2v) is 5.53. The lowest BCUT2D eigenvalue weighted by atomic mass is 10.0. The Labute approximate surface area is 124 Å². The molecule has 0 unspecified atom stereocenters. The van der Waals surface area contributed by atoms with E-state index in [0.29, 0.717) is 18.2 Å². The van der Waals surface area contributed by atoms with Crippen molar-refractivity contribution in [1.82, 2.24) is 9.97 Å². The summed E-state index contributed by atoms with van der Waals surface area (Å²) in [5.74, 6) is 7.34. The molecule has 1 aromatic carbocycles. The summed E-state index contributed by atoms with van der Waals surface area (Å²) in [4.78, 5) is 9.09. The number of nitrogen functional groups attached to an aromatic ring is 1. The lowest BCUT2D eigenvalue weighted by Crippen LogP contribution is -2.15. The average molecular weight is 291 g/mol. The van der Waals surface area contributed by atoms with Gasteiger partial charge in [0, 0.05) is 22.7 Å². The van der Waals surface area contributed by atoms with Gasteiger partial charge in [0.2, 0.25) is 0 Å². The first kappa shape index (κ1) is 14.8. The lowest BCUT2D eigenvalue weighted by Gasteiger charge is -2.15. The third kappa shape index (κ3) is 3.26. The quantitative estimate of drug-likeness (QED) is 0.669. The van der Waals surface area contributed by atoms with E-state index < -0.39 is 0 Å². The van der Waals surface area contributed by atoms with Crippen LogP contribution in [0.4, 0.5) is 5.82 Å². The van der Waals surface area contributed by atoms with Gasteiger partial charge < -0.3 is 5.43 Å². The second-order valence-electron chi connectivity index (χ2n) is 5.09. The standard InChI is InChI=1S/C15H19ClN4/c1-9(2)14-10(3)18-13(19-15(14)20-17)8-11-5-4-6-12(16)7-11/h4-7,9H,8,17H2,1-3H3,(H,18,19,20). The van der Waals surface area contributed by atoms with Gasteiger partial charge in [0.15, 0.2) is 0 Å². The van der Waals surface area contributed by atoms with Gasteiger partial charge in [-0.1, -0.05) is 37.6 Å². The summed E-state index contributed by atoms with van der Waals surface area (Å²) >= 11 is 5.99. The molecule has 5 heteroatoms. The average Bonchev–Trinajstić information content (AvgIpc) is 2.37. The van der Waals surface area contributed by atoms with E-state index in [2.05, 4.69) is 29.2 Å². The molecule has 0 fully saturated rings. The van der Waals surface area contributed by atoms with Gasteiger partial charge in [0.25, 0.3) is 0 Å². The maximum absolute atomic E-state index is 5.99. The molecule has 0 saturated heterocycles. The Kier molecular flexibility index (Phi) is 4.57. The van der Waals surface area contributed by atoms with Gasteiger partial charge in [-0.05, 0) is 30.5 Å². The van der Waals surface area contributed by atoms with Gasteiger partial charge in [-0.2, -0.15) is 0 Å². The minimum atomic E-state index is 0.321. The summed E-state index contributed by atoms with van der Waals surface area (Å²) in [7, 11) is 0. The van der Waals surface area contributed by atoms with Gasteiger partial charge in [0.1, 0.15) is 11.6 Å². The van der Waals surface area contributed by atoms with Crippen molar-refractivity contribution < 1.29 is 0 Å². The minimum absolute atomic E-state index is 0.321. The van der Waals surface area contributed by atoms with Crippen LogP contribution >= 0.6 is 11.6 Å². The highest BCUT2D eigenvalue weighted by Gasteiger charge is 2.14. The number of aromatic nitrogens is 2. The molecule has 1 heterocycles. The van der Waals surface area contributed by atoms with Gasteiger partial charge in [0.05, 0.1) is 0 Å². The molecule has 4 nitrogen and oxygen atoms in total. The third-order valence-corrected chi connectivity index (χ3v) is 3.38. The Balaban J connectivity index is 2.36. The SMILES string of the molecule is Cc1nc(Cc2cccc(Cl)c2)nc(NN)c1C(C)C. The fourth-order valence-corrected chi connectivity index (χ4v) is 2.56. The molecule has 0 amide bonds. The number of nitrogens with zero attached hydrogens (tertiary/aromatic N) is 2. The molecule has 0 spiro atoms. The topological polar surface area (TPSA) is 63.8 Å². The molecule has 3 N–H and O–H groups in total. The molecule has 0 aliphatic carbocycles. The third-order valence-electron chi connectivity index (χ3n) is 3.15. The molecular formula is C15H19ClN4. The van der Waals surface area contributed by atoms with Gasteiger partial charge >= 0.3 is 0 Å². The van der Waals surface area contributed by atoms with Gasteiger partial charge in [-0.15, -0.1) is 0 Å². The van der Waals surface area contributed by atoms with Crippen LogP contribution < -0.4 is 11.3 Å². The number of anilines is 1. The molecule has 0 aliphatic heterocycles. The molecule has 1 aromatic heterocycles. The van der Waals surface area contributed by atoms with Crippen molar-refractivity contribution in [2.24, 2.45) is 5.84 Å². The summed E-state index contributed by atoms with van der Waals surface area (Å²) in [6, 6.07) is 7.71. The summed E-state index contributed by atoms with van der Waals surface area (Å²) in [6.07, 6.45) is 0.633. The maximum Gasteiger partial charge on any atom is 0.147 e. The largest absolute Gasteiger partial charge is 0.308 e. The maximum atomic E-state index is 5.99. The molecule has 106 valence electrons. The number of nitrogens with one attached hydrogen (secondary N) is 1. The van der Waals surface area contributed by atoms with E-state index >= 15 is 0 Å². The zero-order valence-corrected chi connectivity index (χ0v) is 12.7. The van der Waals surface area contributed by atoms with Crippen molar-refractivity contribution in [2.45, 2.75) is 33.1 Å². The van der Waals surface area contributed by atoms with Crippen LogP contribution in [-0.4, -0.2) is 9.97 Å². The summed E-state index contributed by atoms with van der Waals surface area (Å²) in [5.41, 5.74) is 5.77. The van der Waals surface area contributed by atoms with E-state index in [1.165, 1.54) is 0 Å². The Hall–Kier alpha value is -1.65. The normalized spacial score (nSPS) is 10.9. The highest BCUT2D eigenvalue weighted by atomic mass is 35.5. The van der Waals surface area contributed by atoms with E-state index in [4.69, 9.17) is 17.4 Å². The van der Waals surface area contributed by atoms with Gasteiger partial charge in [-0.25, -0.2) is 15.8 Å². The highest BCUT2D eigenvalue weighted by molar-refractivity contribution is 6.30. The number of hydrogen-bond acceptors (Lipinski definition) is 4. The van der Waals surface area contributed by atoms with E-state index in [0.717, 1.165) is 27.7 Å². The first-order chi connectivity index (χ1) is 9.51. The molecule has 0 radical (unpaired) electrons. The first-order valence-corrected chi connectivity index (χ1v) is 6.97. The Morgan fingerprint density at radius 1 is 1.30 bits per heavy atom. The molecule has 0 atom stereocenters. The number of aryl methyl sites for hydroxylation is 1. The fraction of sp³-hybridized carbons (Fsp3) is 0.333. The van der Waals surface area contributed by atoms with Crippen molar-refractivity contribution >= 4 is 17.4 Å². The molecule has 0 saturated carbocycles. The zero-order chi connectivity index (χ0) is 14.7. The smallest absolute Gasteiger partial charge is 0.147 e. The molecule has 0 aliphatic rings. The second kappa shape index (κ2) is 6.20. The lowest BCUT2D eigenvalue weighted by molar-refractivity contribution is 0.812. The number of nitrogens with two attached hydrogens (primary N) is 1. The van der Waals surface area contributed by atoms with Crippen LogP contribution in [0.25, 0.3) is 0 Å². The predicted octanol–water partition coefficient (Wildman–Crippen LogP) is 3.44. The van der Waals surface area contributed by atoms with Crippen LogP contribution in [0.2, 0.25) is 5.02 Å². The molecular weight excluding hydrogens is 272 g/mol. The van der Waals surface area contributed by atoms with Gasteiger partial charge in [-0.3, -0.25) is 0 Å². The minimum Gasteiger partial charge on any atom is -0.308 e. The van der Waals surface area contributed by atoms with E-state index in [9.17, 15) is 0 Å². The Bertz CT molecular complexity index is 611. The molecule has 2 rings (SSSR count). The van der Waals surface area contributed by atoms with E-state index in [1.807, 2.05) is 31.2 Å². The van der Waals surface area contributed by atoms with Crippen LogP contribution in [-0.2, 0) is 6.42 Å². The van der Waals surface area contributed by atoms with Crippen molar-refractivity contribution in [2.75, 3.05) is 5.43 Å². The van der Waals surface area contributed by atoms with Crippen LogP contribution in [0.5, 0.6) is 0 Å². The van der Waals surface area contributed by atoms with Crippen LogP contribution in [0, 0.1) is 6.92 Å². The summed E-state index contributed by atoms with van der Waals surface area (Å²) in [5, 5.41) is 0.718. The molecule has 0 bridgehead atoms. The summed E-state index contributed by atoms with van der Waals surface area (Å²) in [6.45, 7) is 6.19. The predicted molar refractivity (Wildman–Crippen MR) is 82.9 cm³/mol. The van der Waals surface area contributed by atoms with E-state index in [-0.39, 0.29) is 0 Å². The van der Waals surface area contributed by atoms with Crippen LogP contribution in [0.1, 0.15) is 42.4 Å². The van der Waals surface area contributed by atoms with Crippen molar-refractivity contribution in [3.63, 3.8) is 0 Å².